The Hall–Kier alpha value is -3.68. The van der Waals surface area contributed by atoms with Crippen LogP contribution in [-0.2, 0) is 4.79 Å². The number of benzene rings is 1. The first-order valence-corrected chi connectivity index (χ1v) is 9.79. The number of fused-ring (bicyclic) bond motifs is 2. The van der Waals surface area contributed by atoms with Crippen molar-refractivity contribution in [1.29, 1.82) is 0 Å². The summed E-state index contributed by atoms with van der Waals surface area (Å²) in [6.45, 7) is 2.07. The Morgan fingerprint density at radius 3 is 2.77 bits per heavy atom. The highest BCUT2D eigenvalue weighted by Crippen LogP contribution is 2.39. The number of amides is 1. The molecule has 8 nitrogen and oxygen atoms in total. The van der Waals surface area contributed by atoms with E-state index in [1.165, 1.54) is 0 Å². The number of anilines is 2. The van der Waals surface area contributed by atoms with Gasteiger partial charge in [-0.15, -0.1) is 0 Å². The lowest BCUT2D eigenvalue weighted by Crippen LogP contribution is -2.15. The molecule has 0 spiro atoms. The molecule has 1 saturated carbocycles. The predicted molar refractivity (Wildman–Crippen MR) is 115 cm³/mol. The van der Waals surface area contributed by atoms with Gasteiger partial charge in [0.1, 0.15) is 22.9 Å². The highest BCUT2D eigenvalue weighted by Gasteiger charge is 2.39. The van der Waals surface area contributed by atoms with Crippen molar-refractivity contribution in [3.8, 4) is 17.2 Å². The van der Waals surface area contributed by atoms with Crippen molar-refractivity contribution in [2.75, 3.05) is 24.8 Å². The summed E-state index contributed by atoms with van der Waals surface area (Å²) in [5.74, 6) is 2.84. The largest absolute Gasteiger partial charge is 0.497 e. The third kappa shape index (κ3) is 3.10. The first-order valence-electron chi connectivity index (χ1n) is 9.79. The fourth-order valence-electron chi connectivity index (χ4n) is 3.63. The van der Waals surface area contributed by atoms with Gasteiger partial charge in [-0.1, -0.05) is 6.92 Å². The van der Waals surface area contributed by atoms with Gasteiger partial charge in [0, 0.05) is 42.2 Å². The molecule has 1 aromatic carbocycles. The first-order chi connectivity index (χ1) is 14.6. The molecule has 0 bridgehead atoms. The Labute approximate surface area is 172 Å². The van der Waals surface area contributed by atoms with E-state index in [0.29, 0.717) is 40.3 Å². The summed E-state index contributed by atoms with van der Waals surface area (Å²) in [7, 11) is 3.42. The molecule has 0 aliphatic heterocycles. The maximum atomic E-state index is 12.4. The minimum atomic E-state index is 0.00718. The van der Waals surface area contributed by atoms with Gasteiger partial charge in [0.15, 0.2) is 5.58 Å². The fourth-order valence-corrected chi connectivity index (χ4v) is 3.63. The number of carbonyl (C=O) groups excluding carboxylic acids is 1. The van der Waals surface area contributed by atoms with Crippen LogP contribution in [0.1, 0.15) is 13.3 Å². The molecule has 0 saturated heterocycles. The minimum Gasteiger partial charge on any atom is -0.497 e. The normalized spacial score (nSPS) is 17.8. The Morgan fingerprint density at radius 2 is 2.03 bits per heavy atom. The first kappa shape index (κ1) is 18.4. The number of aromatic nitrogens is 3. The zero-order valence-corrected chi connectivity index (χ0v) is 16.9. The van der Waals surface area contributed by atoms with Crippen molar-refractivity contribution < 1.29 is 13.9 Å². The van der Waals surface area contributed by atoms with Crippen molar-refractivity contribution in [1.82, 2.24) is 15.0 Å². The zero-order chi connectivity index (χ0) is 20.8. The van der Waals surface area contributed by atoms with Crippen LogP contribution in [0.15, 0.2) is 41.1 Å². The molecular formula is C22H21N5O3. The van der Waals surface area contributed by atoms with Gasteiger partial charge < -0.3 is 19.8 Å². The van der Waals surface area contributed by atoms with E-state index in [2.05, 4.69) is 32.5 Å². The van der Waals surface area contributed by atoms with Crippen LogP contribution in [0.4, 0.5) is 11.6 Å². The van der Waals surface area contributed by atoms with Gasteiger partial charge in [-0.3, -0.25) is 4.79 Å². The Morgan fingerprint density at radius 1 is 1.20 bits per heavy atom. The van der Waals surface area contributed by atoms with Crippen LogP contribution in [0.2, 0.25) is 0 Å². The van der Waals surface area contributed by atoms with Crippen molar-refractivity contribution in [2.45, 2.75) is 13.3 Å². The van der Waals surface area contributed by atoms with Crippen LogP contribution in [0.25, 0.3) is 33.3 Å². The molecule has 2 atom stereocenters. The van der Waals surface area contributed by atoms with Gasteiger partial charge in [0.2, 0.25) is 11.8 Å². The highest BCUT2D eigenvalue weighted by molar-refractivity contribution is 6.03. The molecule has 152 valence electrons. The maximum Gasteiger partial charge on any atom is 0.229 e. The monoisotopic (exact) mass is 403 g/mol. The number of ether oxygens (including phenoxy) is 1. The van der Waals surface area contributed by atoms with Crippen LogP contribution in [0.5, 0.6) is 5.75 Å². The number of hydrogen-bond donors (Lipinski definition) is 2. The van der Waals surface area contributed by atoms with E-state index in [0.717, 1.165) is 22.8 Å². The second kappa shape index (κ2) is 6.98. The molecule has 30 heavy (non-hydrogen) atoms. The van der Waals surface area contributed by atoms with E-state index < -0.39 is 0 Å². The molecular weight excluding hydrogens is 382 g/mol. The summed E-state index contributed by atoms with van der Waals surface area (Å²) in [5, 5.41) is 7.65. The smallest absolute Gasteiger partial charge is 0.229 e. The third-order valence-electron chi connectivity index (χ3n) is 5.53. The van der Waals surface area contributed by atoms with E-state index >= 15 is 0 Å². The van der Waals surface area contributed by atoms with Gasteiger partial charge in [0.25, 0.3) is 0 Å². The number of hydrogen-bond acceptors (Lipinski definition) is 7. The second-order valence-corrected chi connectivity index (χ2v) is 7.55. The topological polar surface area (TPSA) is 102 Å². The van der Waals surface area contributed by atoms with Crippen molar-refractivity contribution in [3.05, 3.63) is 36.7 Å². The molecule has 3 aromatic heterocycles. The average molecular weight is 403 g/mol. The van der Waals surface area contributed by atoms with Crippen LogP contribution < -0.4 is 15.4 Å². The van der Waals surface area contributed by atoms with Gasteiger partial charge in [0.05, 0.1) is 12.7 Å². The molecule has 1 aliphatic carbocycles. The molecule has 3 heterocycles. The molecule has 0 unspecified atom stereocenters. The SMILES string of the molecule is CNc1ncc(-c2nc3cc(OC)ccc3o2)c2cc(NC(=O)[C@H]3C[C@H]3C)ncc12. The quantitative estimate of drug-likeness (QED) is 0.517. The lowest BCUT2D eigenvalue weighted by molar-refractivity contribution is -0.117. The molecule has 0 radical (unpaired) electrons. The van der Waals surface area contributed by atoms with E-state index in [1.807, 2.05) is 24.3 Å². The van der Waals surface area contributed by atoms with Crippen LogP contribution >= 0.6 is 0 Å². The Bertz CT molecular complexity index is 1280. The highest BCUT2D eigenvalue weighted by atomic mass is 16.5. The van der Waals surface area contributed by atoms with Crippen LogP contribution in [0.3, 0.4) is 0 Å². The number of nitrogens with zero attached hydrogens (tertiary/aromatic N) is 3. The Kier molecular flexibility index (Phi) is 4.27. The summed E-state index contributed by atoms with van der Waals surface area (Å²) in [6, 6.07) is 7.32. The summed E-state index contributed by atoms with van der Waals surface area (Å²) in [6.07, 6.45) is 4.34. The van der Waals surface area contributed by atoms with Gasteiger partial charge in [-0.2, -0.15) is 0 Å². The molecule has 8 heteroatoms. The molecule has 4 aromatic rings. The van der Waals surface area contributed by atoms with Gasteiger partial charge in [-0.05, 0) is 30.5 Å². The molecule has 1 amide bonds. The van der Waals surface area contributed by atoms with Crippen LogP contribution in [0, 0.1) is 11.8 Å². The van der Waals surface area contributed by atoms with Gasteiger partial charge >= 0.3 is 0 Å². The number of pyridine rings is 2. The van der Waals surface area contributed by atoms with E-state index in [1.54, 1.807) is 26.6 Å². The molecule has 1 aliphatic rings. The number of carbonyl (C=O) groups is 1. The number of oxazole rings is 1. The third-order valence-corrected chi connectivity index (χ3v) is 5.53. The summed E-state index contributed by atoms with van der Waals surface area (Å²) < 4.78 is 11.3. The van der Waals surface area contributed by atoms with Crippen molar-refractivity contribution in [2.24, 2.45) is 11.8 Å². The summed E-state index contributed by atoms with van der Waals surface area (Å²) in [5.41, 5.74) is 2.07. The second-order valence-electron chi connectivity index (χ2n) is 7.55. The lowest BCUT2D eigenvalue weighted by Gasteiger charge is -2.10. The fraction of sp³-hybridized carbons (Fsp3) is 0.273. The maximum absolute atomic E-state index is 12.4. The van der Waals surface area contributed by atoms with Crippen LogP contribution in [-0.4, -0.2) is 35.0 Å². The lowest BCUT2D eigenvalue weighted by atomic mass is 10.1. The van der Waals surface area contributed by atoms with Crippen molar-refractivity contribution >= 4 is 39.4 Å². The predicted octanol–water partition coefficient (Wildman–Crippen LogP) is 4.08. The van der Waals surface area contributed by atoms with E-state index in [-0.39, 0.29) is 11.8 Å². The van der Waals surface area contributed by atoms with Gasteiger partial charge in [-0.25, -0.2) is 15.0 Å². The number of nitrogens with one attached hydrogen (secondary N) is 2. The average Bonchev–Trinajstić information content (AvgIpc) is 3.35. The molecule has 1 fully saturated rings. The number of rotatable bonds is 5. The standard InChI is InChI=1S/C22H21N5O3/c1-11-6-13(11)21(28)27-19-8-14-15(9-24-19)20(23-2)25-10-16(14)22-26-17-7-12(29-3)4-5-18(17)30-22/h4-5,7-11,13H,6H2,1-3H3,(H,23,25)(H,24,27,28)/t11-,13+/m1/s1. The van der Waals surface area contributed by atoms with E-state index in [9.17, 15) is 4.79 Å². The van der Waals surface area contributed by atoms with E-state index in [4.69, 9.17) is 9.15 Å². The molecule has 5 rings (SSSR count). The summed E-state index contributed by atoms with van der Waals surface area (Å²) >= 11 is 0. The number of methoxy groups -OCH3 is 1. The Balaban J connectivity index is 1.61. The molecule has 2 N–H and O–H groups in total. The minimum absolute atomic E-state index is 0.00718. The summed E-state index contributed by atoms with van der Waals surface area (Å²) in [4.78, 5) is 25.9. The van der Waals surface area contributed by atoms with Crippen molar-refractivity contribution in [3.63, 3.8) is 0 Å². The zero-order valence-electron chi connectivity index (χ0n) is 16.9.